The van der Waals surface area contributed by atoms with Crippen molar-refractivity contribution in [3.63, 3.8) is 0 Å². The molecular weight excluding hydrogens is 376 g/mol. The minimum atomic E-state index is -0.218. The second-order valence-electron chi connectivity index (χ2n) is 5.95. The van der Waals surface area contributed by atoms with Gasteiger partial charge in [0.1, 0.15) is 6.42 Å². The van der Waals surface area contributed by atoms with E-state index in [0.29, 0.717) is 13.1 Å². The van der Waals surface area contributed by atoms with E-state index in [1.165, 1.54) is 11.1 Å². The zero-order valence-electron chi connectivity index (χ0n) is 15.4. The van der Waals surface area contributed by atoms with E-state index in [0.717, 1.165) is 23.0 Å². The van der Waals surface area contributed by atoms with E-state index >= 15 is 0 Å². The molecule has 0 aromatic heterocycles. The maximum atomic E-state index is 11.8. The van der Waals surface area contributed by atoms with Crippen LogP contribution in [0.2, 0.25) is 0 Å². The summed E-state index contributed by atoms with van der Waals surface area (Å²) < 4.78 is 0. The molecule has 0 saturated heterocycles. The van der Waals surface area contributed by atoms with Gasteiger partial charge in [-0.25, -0.2) is 0 Å². The number of carbonyl (C=O) groups is 2. The number of benzene rings is 2. The highest BCUT2D eigenvalue weighted by molar-refractivity contribution is 7.98. The average Bonchev–Trinajstić information content (AvgIpc) is 2.69. The molecule has 0 heterocycles. The van der Waals surface area contributed by atoms with Crippen LogP contribution < -0.4 is 10.6 Å². The fourth-order valence-corrected chi connectivity index (χ4v) is 3.96. The van der Waals surface area contributed by atoms with Gasteiger partial charge in [-0.05, 0) is 11.1 Å². The second kappa shape index (κ2) is 13.3. The van der Waals surface area contributed by atoms with E-state index in [9.17, 15) is 9.59 Å². The summed E-state index contributed by atoms with van der Waals surface area (Å²) in [5.41, 5.74) is 2.55. The number of hydrogen-bond acceptors (Lipinski definition) is 4. The summed E-state index contributed by atoms with van der Waals surface area (Å²) in [5.74, 6) is 3.08. The van der Waals surface area contributed by atoms with E-state index in [-0.39, 0.29) is 18.2 Å². The zero-order valence-corrected chi connectivity index (χ0v) is 17.0. The molecule has 2 aromatic carbocycles. The van der Waals surface area contributed by atoms with Gasteiger partial charge in [0.05, 0.1) is 0 Å². The Morgan fingerprint density at radius 3 is 1.48 bits per heavy atom. The molecule has 2 N–H and O–H groups in total. The van der Waals surface area contributed by atoms with E-state index < -0.39 is 0 Å². The Morgan fingerprint density at radius 1 is 0.667 bits per heavy atom. The van der Waals surface area contributed by atoms with E-state index in [4.69, 9.17) is 0 Å². The molecule has 6 heteroatoms. The van der Waals surface area contributed by atoms with Crippen molar-refractivity contribution in [3.8, 4) is 0 Å². The van der Waals surface area contributed by atoms with E-state index in [2.05, 4.69) is 34.9 Å². The van der Waals surface area contributed by atoms with Crippen LogP contribution in [0.25, 0.3) is 0 Å². The summed E-state index contributed by atoms with van der Waals surface area (Å²) in [4.78, 5) is 23.5. The Balaban J connectivity index is 1.44. The first-order valence-electron chi connectivity index (χ1n) is 9.01. The summed E-state index contributed by atoms with van der Waals surface area (Å²) in [6, 6.07) is 20.5. The molecule has 27 heavy (non-hydrogen) atoms. The van der Waals surface area contributed by atoms with Gasteiger partial charge in [0.2, 0.25) is 11.8 Å². The van der Waals surface area contributed by atoms with Crippen LogP contribution in [0.15, 0.2) is 60.7 Å². The van der Waals surface area contributed by atoms with Crippen LogP contribution in [-0.4, -0.2) is 36.4 Å². The van der Waals surface area contributed by atoms with Gasteiger partial charge in [-0.2, -0.15) is 23.5 Å². The van der Waals surface area contributed by atoms with Crippen LogP contribution in [0.4, 0.5) is 0 Å². The molecule has 0 fully saturated rings. The SMILES string of the molecule is O=C(CC(=O)NCCSCc1ccccc1)NCCSCc1ccccc1. The largest absolute Gasteiger partial charge is 0.355 e. The zero-order chi connectivity index (χ0) is 19.2. The molecule has 0 saturated carbocycles. The van der Waals surface area contributed by atoms with Crippen molar-refractivity contribution in [1.82, 2.24) is 10.6 Å². The summed E-state index contributed by atoms with van der Waals surface area (Å²) in [5, 5.41) is 5.59. The van der Waals surface area contributed by atoms with Crippen LogP contribution in [-0.2, 0) is 21.1 Å². The summed E-state index contributed by atoms with van der Waals surface area (Å²) >= 11 is 3.53. The maximum absolute atomic E-state index is 11.8. The average molecular weight is 403 g/mol. The van der Waals surface area contributed by atoms with Gasteiger partial charge in [0, 0.05) is 36.1 Å². The van der Waals surface area contributed by atoms with Crippen LogP contribution in [0.5, 0.6) is 0 Å². The highest BCUT2D eigenvalue weighted by Gasteiger charge is 2.08. The number of rotatable bonds is 12. The predicted octanol–water partition coefficient (Wildman–Crippen LogP) is 3.48. The Labute approximate surface area is 169 Å². The monoisotopic (exact) mass is 402 g/mol. The fraction of sp³-hybridized carbons (Fsp3) is 0.333. The van der Waals surface area contributed by atoms with Crippen LogP contribution in [0.1, 0.15) is 17.5 Å². The second-order valence-corrected chi connectivity index (χ2v) is 8.16. The molecular formula is C21H26N2O2S2. The van der Waals surface area contributed by atoms with Crippen molar-refractivity contribution in [2.75, 3.05) is 24.6 Å². The highest BCUT2D eigenvalue weighted by Crippen LogP contribution is 2.11. The Kier molecular flexibility index (Phi) is 10.5. The molecule has 0 spiro atoms. The molecule has 0 atom stereocenters. The Hall–Kier alpha value is -1.92. The van der Waals surface area contributed by atoms with Crippen LogP contribution in [0.3, 0.4) is 0 Å². The van der Waals surface area contributed by atoms with Gasteiger partial charge in [-0.3, -0.25) is 9.59 Å². The van der Waals surface area contributed by atoms with Gasteiger partial charge in [0.15, 0.2) is 0 Å². The maximum Gasteiger partial charge on any atom is 0.229 e. The minimum Gasteiger partial charge on any atom is -0.355 e. The van der Waals surface area contributed by atoms with E-state index in [1.54, 1.807) is 23.5 Å². The number of amides is 2. The van der Waals surface area contributed by atoms with Gasteiger partial charge in [-0.15, -0.1) is 0 Å². The van der Waals surface area contributed by atoms with Crippen molar-refractivity contribution in [1.29, 1.82) is 0 Å². The fourth-order valence-electron chi connectivity index (χ4n) is 2.32. The van der Waals surface area contributed by atoms with Crippen LogP contribution >= 0.6 is 23.5 Å². The quantitative estimate of drug-likeness (QED) is 0.422. The van der Waals surface area contributed by atoms with Crippen molar-refractivity contribution in [3.05, 3.63) is 71.8 Å². The van der Waals surface area contributed by atoms with Crippen molar-refractivity contribution in [2.45, 2.75) is 17.9 Å². The molecule has 2 aromatic rings. The first-order chi connectivity index (χ1) is 13.2. The summed E-state index contributed by atoms with van der Waals surface area (Å²) in [6.07, 6.45) is -0.104. The molecule has 0 radical (unpaired) electrons. The van der Waals surface area contributed by atoms with Gasteiger partial charge in [-0.1, -0.05) is 60.7 Å². The molecule has 2 rings (SSSR count). The standard InChI is InChI=1S/C21H26N2O2S2/c24-20(22-11-13-26-16-18-7-3-1-4-8-18)15-21(25)23-12-14-27-17-19-9-5-2-6-10-19/h1-10H,11-17H2,(H,22,24)(H,23,25). The number of nitrogens with one attached hydrogen (secondary N) is 2. The number of hydrogen-bond donors (Lipinski definition) is 2. The third-order valence-corrected chi connectivity index (χ3v) is 5.74. The minimum absolute atomic E-state index is 0.104. The lowest BCUT2D eigenvalue weighted by atomic mass is 10.2. The normalized spacial score (nSPS) is 10.4. The first kappa shape index (κ1) is 21.4. The molecule has 0 unspecified atom stereocenters. The lowest BCUT2D eigenvalue weighted by molar-refractivity contribution is -0.129. The third kappa shape index (κ3) is 10.1. The Bertz CT molecular complexity index is 622. The van der Waals surface area contributed by atoms with Crippen LogP contribution in [0, 0.1) is 0 Å². The molecule has 2 amide bonds. The van der Waals surface area contributed by atoms with Crippen molar-refractivity contribution < 1.29 is 9.59 Å². The van der Waals surface area contributed by atoms with Crippen molar-refractivity contribution >= 4 is 35.3 Å². The first-order valence-corrected chi connectivity index (χ1v) is 11.3. The third-order valence-electron chi connectivity index (χ3n) is 3.68. The van der Waals surface area contributed by atoms with Gasteiger partial charge >= 0.3 is 0 Å². The number of carbonyl (C=O) groups excluding carboxylic acids is 2. The molecule has 0 aliphatic heterocycles. The molecule has 4 nitrogen and oxygen atoms in total. The Morgan fingerprint density at radius 2 is 1.07 bits per heavy atom. The van der Waals surface area contributed by atoms with Gasteiger partial charge < -0.3 is 10.6 Å². The lowest BCUT2D eigenvalue weighted by Gasteiger charge is -2.07. The molecule has 0 bridgehead atoms. The molecule has 0 aliphatic carbocycles. The smallest absolute Gasteiger partial charge is 0.229 e. The van der Waals surface area contributed by atoms with Crippen molar-refractivity contribution in [2.24, 2.45) is 0 Å². The summed E-state index contributed by atoms with van der Waals surface area (Å²) in [7, 11) is 0. The predicted molar refractivity (Wildman–Crippen MR) is 116 cm³/mol. The molecule has 0 aliphatic rings. The van der Waals surface area contributed by atoms with Gasteiger partial charge in [0.25, 0.3) is 0 Å². The highest BCUT2D eigenvalue weighted by atomic mass is 32.2. The summed E-state index contributed by atoms with van der Waals surface area (Å²) in [6.45, 7) is 1.16. The topological polar surface area (TPSA) is 58.2 Å². The number of thioether (sulfide) groups is 2. The van der Waals surface area contributed by atoms with E-state index in [1.807, 2.05) is 36.4 Å². The lowest BCUT2D eigenvalue weighted by Crippen LogP contribution is -2.33. The molecule has 144 valence electrons.